The number of aromatic nitrogens is 1. The van der Waals surface area contributed by atoms with E-state index in [1.165, 1.54) is 6.07 Å². The maximum absolute atomic E-state index is 14.2. The fourth-order valence-corrected chi connectivity index (χ4v) is 2.53. The van der Waals surface area contributed by atoms with Crippen LogP contribution in [0.3, 0.4) is 0 Å². The highest BCUT2D eigenvalue weighted by Gasteiger charge is 2.10. The fourth-order valence-electron chi connectivity index (χ4n) is 2.33. The Hall–Kier alpha value is -2.26. The molecule has 0 fully saturated rings. The first-order valence-corrected chi connectivity index (χ1v) is 6.78. The van der Waals surface area contributed by atoms with E-state index in [-0.39, 0.29) is 0 Å². The number of hydrogen-bond donors (Lipinski definition) is 0. The zero-order chi connectivity index (χ0) is 15.0. The number of fused-ring (bicyclic) bond motifs is 1. The second-order valence-electron chi connectivity index (χ2n) is 4.83. The van der Waals surface area contributed by atoms with Gasteiger partial charge in [0.1, 0.15) is 12.1 Å². The van der Waals surface area contributed by atoms with Crippen LogP contribution in [-0.2, 0) is 0 Å². The number of carbonyl (C=O) groups is 1. The van der Waals surface area contributed by atoms with Crippen molar-refractivity contribution in [2.75, 3.05) is 0 Å². The molecule has 3 rings (SSSR count). The molecule has 0 unspecified atom stereocenters. The highest BCUT2D eigenvalue weighted by Crippen LogP contribution is 2.30. The number of aldehydes is 1. The van der Waals surface area contributed by atoms with E-state index in [2.05, 4.69) is 4.98 Å². The van der Waals surface area contributed by atoms with Gasteiger partial charge in [-0.3, -0.25) is 9.78 Å². The lowest BCUT2D eigenvalue weighted by atomic mass is 9.98. The van der Waals surface area contributed by atoms with Gasteiger partial charge in [-0.15, -0.1) is 0 Å². The number of pyridine rings is 1. The Kier molecular flexibility index (Phi) is 3.43. The lowest BCUT2D eigenvalue weighted by Gasteiger charge is -2.08. The van der Waals surface area contributed by atoms with E-state index in [1.54, 1.807) is 37.4 Å². The maximum Gasteiger partial charge on any atom is 0.150 e. The van der Waals surface area contributed by atoms with E-state index in [4.69, 9.17) is 11.6 Å². The second kappa shape index (κ2) is 5.26. The van der Waals surface area contributed by atoms with Gasteiger partial charge in [0.25, 0.3) is 0 Å². The van der Waals surface area contributed by atoms with Crippen molar-refractivity contribution in [3.8, 4) is 11.1 Å². The molecule has 2 aromatic carbocycles. The van der Waals surface area contributed by atoms with Crippen LogP contribution in [0.5, 0.6) is 0 Å². The van der Waals surface area contributed by atoms with Crippen LogP contribution >= 0.6 is 11.6 Å². The average Bonchev–Trinajstić information content (AvgIpc) is 2.49. The molecule has 2 nitrogen and oxygen atoms in total. The summed E-state index contributed by atoms with van der Waals surface area (Å²) in [4.78, 5) is 15.1. The highest BCUT2D eigenvalue weighted by molar-refractivity contribution is 6.35. The first kappa shape index (κ1) is 13.7. The molecule has 104 valence electrons. The van der Waals surface area contributed by atoms with Gasteiger partial charge in [0, 0.05) is 22.7 Å². The van der Waals surface area contributed by atoms with Crippen molar-refractivity contribution in [1.82, 2.24) is 4.98 Å². The summed E-state index contributed by atoms with van der Waals surface area (Å²) in [6.07, 6.45) is 2.29. The first-order chi connectivity index (χ1) is 10.1. The minimum Gasteiger partial charge on any atom is -0.298 e. The maximum atomic E-state index is 14.2. The van der Waals surface area contributed by atoms with Gasteiger partial charge >= 0.3 is 0 Å². The van der Waals surface area contributed by atoms with Crippen LogP contribution in [0.4, 0.5) is 4.39 Å². The van der Waals surface area contributed by atoms with E-state index >= 15 is 0 Å². The van der Waals surface area contributed by atoms with Crippen LogP contribution in [0.15, 0.2) is 42.6 Å². The summed E-state index contributed by atoms with van der Waals surface area (Å²) in [7, 11) is 0. The number of halogens is 2. The van der Waals surface area contributed by atoms with E-state index in [0.717, 1.165) is 16.5 Å². The quantitative estimate of drug-likeness (QED) is 0.635. The van der Waals surface area contributed by atoms with Gasteiger partial charge in [0.15, 0.2) is 0 Å². The van der Waals surface area contributed by atoms with Gasteiger partial charge in [-0.05, 0) is 48.4 Å². The summed E-state index contributed by atoms with van der Waals surface area (Å²) in [5.74, 6) is -0.429. The third kappa shape index (κ3) is 2.41. The van der Waals surface area contributed by atoms with Crippen molar-refractivity contribution in [1.29, 1.82) is 0 Å². The summed E-state index contributed by atoms with van der Waals surface area (Å²) >= 11 is 6.16. The molecule has 0 bridgehead atoms. The summed E-state index contributed by atoms with van der Waals surface area (Å²) in [6, 6.07) is 10.0. The summed E-state index contributed by atoms with van der Waals surface area (Å²) < 4.78 is 14.2. The van der Waals surface area contributed by atoms with Gasteiger partial charge in [-0.1, -0.05) is 17.7 Å². The lowest BCUT2D eigenvalue weighted by molar-refractivity contribution is 0.112. The fraction of sp³-hybridized carbons (Fsp3) is 0.0588. The van der Waals surface area contributed by atoms with Crippen LogP contribution in [0.25, 0.3) is 22.0 Å². The molecule has 0 N–H and O–H groups in total. The Balaban J connectivity index is 2.23. The molecule has 1 aromatic heterocycles. The molecule has 0 saturated heterocycles. The molecule has 1 heterocycles. The van der Waals surface area contributed by atoms with Crippen molar-refractivity contribution in [2.24, 2.45) is 0 Å². The monoisotopic (exact) mass is 299 g/mol. The lowest BCUT2D eigenvalue weighted by Crippen LogP contribution is -1.93. The van der Waals surface area contributed by atoms with Crippen LogP contribution in [0, 0.1) is 12.7 Å². The normalized spacial score (nSPS) is 10.8. The summed E-state index contributed by atoms with van der Waals surface area (Å²) in [6.45, 7) is 1.78. The topological polar surface area (TPSA) is 30.0 Å². The van der Waals surface area contributed by atoms with E-state index in [1.807, 2.05) is 6.07 Å². The van der Waals surface area contributed by atoms with Crippen molar-refractivity contribution in [2.45, 2.75) is 6.92 Å². The van der Waals surface area contributed by atoms with Crippen molar-refractivity contribution >= 4 is 28.8 Å². The Morgan fingerprint density at radius 1 is 1.19 bits per heavy atom. The molecule has 0 saturated carbocycles. The summed E-state index contributed by atoms with van der Waals surface area (Å²) in [5, 5.41) is 1.34. The van der Waals surface area contributed by atoms with E-state index in [0.29, 0.717) is 28.0 Å². The molecule has 3 aromatic rings. The standard InChI is InChI=1S/C17H11ClFNO/c1-10-6-13(16(19)8-12(10)9-21)11-2-3-17-14(7-11)15(18)4-5-20-17/h2-9H,1H3. The second-order valence-corrected chi connectivity index (χ2v) is 5.24. The minimum atomic E-state index is -0.429. The zero-order valence-corrected chi connectivity index (χ0v) is 12.0. The van der Waals surface area contributed by atoms with Crippen molar-refractivity contribution in [3.63, 3.8) is 0 Å². The van der Waals surface area contributed by atoms with E-state index < -0.39 is 5.82 Å². The Labute approximate surface area is 126 Å². The van der Waals surface area contributed by atoms with Crippen LogP contribution in [-0.4, -0.2) is 11.3 Å². The number of nitrogens with zero attached hydrogens (tertiary/aromatic N) is 1. The molecule has 21 heavy (non-hydrogen) atoms. The predicted octanol–water partition coefficient (Wildman–Crippen LogP) is 4.82. The van der Waals surface area contributed by atoms with Gasteiger partial charge in [0.2, 0.25) is 0 Å². The Bertz CT molecular complexity index is 861. The molecule has 0 radical (unpaired) electrons. The van der Waals surface area contributed by atoms with Crippen molar-refractivity contribution < 1.29 is 9.18 Å². The molecule has 0 aliphatic rings. The molecule has 0 amide bonds. The number of benzene rings is 2. The van der Waals surface area contributed by atoms with Crippen LogP contribution < -0.4 is 0 Å². The van der Waals surface area contributed by atoms with Gasteiger partial charge < -0.3 is 0 Å². The van der Waals surface area contributed by atoms with Gasteiger partial charge in [-0.2, -0.15) is 0 Å². The SMILES string of the molecule is Cc1cc(-c2ccc3nccc(Cl)c3c2)c(F)cc1C=O. The third-order valence-electron chi connectivity index (χ3n) is 3.48. The Morgan fingerprint density at radius 2 is 2.00 bits per heavy atom. The first-order valence-electron chi connectivity index (χ1n) is 6.40. The molecule has 0 aliphatic carbocycles. The molecule has 0 atom stereocenters. The highest BCUT2D eigenvalue weighted by atomic mass is 35.5. The minimum absolute atomic E-state index is 0.358. The Morgan fingerprint density at radius 3 is 2.76 bits per heavy atom. The zero-order valence-electron chi connectivity index (χ0n) is 11.2. The van der Waals surface area contributed by atoms with Crippen LogP contribution in [0.1, 0.15) is 15.9 Å². The summed E-state index contributed by atoms with van der Waals surface area (Å²) in [5.41, 5.74) is 3.00. The number of rotatable bonds is 2. The molecule has 4 heteroatoms. The molecular weight excluding hydrogens is 289 g/mol. The number of hydrogen-bond acceptors (Lipinski definition) is 2. The predicted molar refractivity (Wildman–Crippen MR) is 82.3 cm³/mol. The average molecular weight is 300 g/mol. The third-order valence-corrected chi connectivity index (χ3v) is 3.81. The smallest absolute Gasteiger partial charge is 0.150 e. The van der Waals surface area contributed by atoms with Gasteiger partial charge in [-0.25, -0.2) is 4.39 Å². The van der Waals surface area contributed by atoms with Gasteiger partial charge in [0.05, 0.1) is 10.5 Å². The largest absolute Gasteiger partial charge is 0.298 e. The molecular formula is C17H11ClFNO. The van der Waals surface area contributed by atoms with Crippen molar-refractivity contribution in [3.05, 3.63) is 64.6 Å². The number of aryl methyl sites for hydroxylation is 1. The molecule has 0 aliphatic heterocycles. The molecule has 0 spiro atoms. The van der Waals surface area contributed by atoms with E-state index in [9.17, 15) is 9.18 Å². The number of carbonyl (C=O) groups excluding carboxylic acids is 1. The van der Waals surface area contributed by atoms with Crippen LogP contribution in [0.2, 0.25) is 5.02 Å².